The predicted molar refractivity (Wildman–Crippen MR) is 117 cm³/mol. The zero-order valence-electron chi connectivity index (χ0n) is 17.7. The molecule has 0 saturated heterocycles. The number of alkyl halides is 2. The van der Waals surface area contributed by atoms with E-state index in [1.165, 1.54) is 37.6 Å². The molecule has 3 N–H and O–H groups in total. The van der Waals surface area contributed by atoms with Crippen molar-refractivity contribution < 1.29 is 22.8 Å². The molecular formula is C23H22F2N4O3. The first-order chi connectivity index (χ1) is 15.0. The quantitative estimate of drug-likeness (QED) is 0.355. The monoisotopic (exact) mass is 440 g/mol. The molecule has 1 unspecified atom stereocenters. The van der Waals surface area contributed by atoms with Crippen LogP contribution in [0.3, 0.4) is 0 Å². The third-order valence-electron chi connectivity index (χ3n) is 4.62. The molecule has 0 saturated carbocycles. The zero-order valence-corrected chi connectivity index (χ0v) is 17.7. The normalized spacial score (nSPS) is 12.2. The van der Waals surface area contributed by atoms with Crippen LogP contribution in [0.1, 0.15) is 25.0 Å². The lowest BCUT2D eigenvalue weighted by Crippen LogP contribution is -2.38. The number of anilines is 2. The third-order valence-corrected chi connectivity index (χ3v) is 4.62. The Balaban J connectivity index is 1.79. The summed E-state index contributed by atoms with van der Waals surface area (Å²) < 4.78 is 32.4. The molecule has 9 heteroatoms. The molecule has 0 spiro atoms. The lowest BCUT2D eigenvalue weighted by Gasteiger charge is -2.17. The van der Waals surface area contributed by atoms with Crippen LogP contribution >= 0.6 is 0 Å². The van der Waals surface area contributed by atoms with Crippen molar-refractivity contribution in [2.45, 2.75) is 26.7 Å². The molecule has 0 bridgehead atoms. The Morgan fingerprint density at radius 3 is 2.38 bits per heavy atom. The number of amides is 2. The third kappa shape index (κ3) is 5.42. The average molecular weight is 440 g/mol. The molecule has 7 nitrogen and oxygen atoms in total. The molecule has 0 aliphatic heterocycles. The van der Waals surface area contributed by atoms with Gasteiger partial charge in [0.2, 0.25) is 17.7 Å². The summed E-state index contributed by atoms with van der Waals surface area (Å²) in [6.45, 7) is 3.90. The predicted octanol–water partition coefficient (Wildman–Crippen LogP) is 4.99. The second-order valence-electron chi connectivity index (χ2n) is 7.49. The molecule has 0 radical (unpaired) electrons. The minimum atomic E-state index is -3.08. The summed E-state index contributed by atoms with van der Waals surface area (Å²) >= 11 is 0. The largest absolute Gasteiger partial charge is 0.445 e. The Bertz CT molecular complexity index is 1150. The lowest BCUT2D eigenvalue weighted by atomic mass is 10.0. The van der Waals surface area contributed by atoms with E-state index in [1.54, 1.807) is 12.1 Å². The van der Waals surface area contributed by atoms with Crippen molar-refractivity contribution in [2.75, 3.05) is 10.6 Å². The highest BCUT2D eigenvalue weighted by atomic mass is 19.3. The molecule has 166 valence electrons. The van der Waals surface area contributed by atoms with E-state index in [9.17, 15) is 18.4 Å². The van der Waals surface area contributed by atoms with Gasteiger partial charge in [0.05, 0.1) is 6.20 Å². The van der Waals surface area contributed by atoms with Gasteiger partial charge in [-0.05, 0) is 49.7 Å². The number of nitrogens with one attached hydrogen (secondary N) is 3. The van der Waals surface area contributed by atoms with Gasteiger partial charge in [0.1, 0.15) is 6.26 Å². The standard InChI is InChI=1S/C23H22F2N4O3/c1-13-9-15(22-27-7-8-32-22)11-18(10-13)29-21(31)19(14(2)26)20(30)28-17-6-4-5-16(12-17)23(3,24)25/h4-12,19,26H,1-3H3,(H,28,30)(H,29,31). The van der Waals surface area contributed by atoms with E-state index in [0.717, 1.165) is 18.6 Å². The highest BCUT2D eigenvalue weighted by Gasteiger charge is 2.30. The number of oxazole rings is 1. The maximum absolute atomic E-state index is 13.6. The number of carbonyl (C=O) groups excluding carboxylic acids is 2. The van der Waals surface area contributed by atoms with Gasteiger partial charge in [0.15, 0.2) is 5.92 Å². The topological polar surface area (TPSA) is 108 Å². The van der Waals surface area contributed by atoms with Gasteiger partial charge in [-0.3, -0.25) is 9.59 Å². The SMILES string of the molecule is CC(=N)C(C(=O)Nc1cc(C)cc(-c2ncco2)c1)C(=O)Nc1cccc(C(C)(F)F)c1. The summed E-state index contributed by atoms with van der Waals surface area (Å²) in [6, 6.07) is 10.4. The van der Waals surface area contributed by atoms with Crippen LogP contribution in [0.2, 0.25) is 0 Å². The van der Waals surface area contributed by atoms with Gasteiger partial charge in [-0.2, -0.15) is 0 Å². The van der Waals surface area contributed by atoms with Crippen molar-refractivity contribution >= 4 is 28.9 Å². The number of aryl methyl sites for hydroxylation is 1. The smallest absolute Gasteiger partial charge is 0.270 e. The Kier molecular flexibility index (Phi) is 6.47. The molecule has 0 fully saturated rings. The highest BCUT2D eigenvalue weighted by Crippen LogP contribution is 2.29. The number of hydrogen-bond donors (Lipinski definition) is 3. The van der Waals surface area contributed by atoms with E-state index < -0.39 is 23.7 Å². The molecule has 0 aliphatic carbocycles. The first-order valence-corrected chi connectivity index (χ1v) is 9.71. The van der Waals surface area contributed by atoms with Crippen molar-refractivity contribution in [3.63, 3.8) is 0 Å². The van der Waals surface area contributed by atoms with Gasteiger partial charge in [-0.15, -0.1) is 0 Å². The fourth-order valence-electron chi connectivity index (χ4n) is 3.16. The number of aromatic nitrogens is 1. The van der Waals surface area contributed by atoms with Gasteiger partial charge in [-0.1, -0.05) is 12.1 Å². The molecular weight excluding hydrogens is 418 g/mol. The zero-order chi connectivity index (χ0) is 23.5. The van der Waals surface area contributed by atoms with Crippen molar-refractivity contribution in [3.05, 3.63) is 66.1 Å². The molecule has 3 rings (SSSR count). The maximum Gasteiger partial charge on any atom is 0.270 e. The number of benzene rings is 2. The molecule has 1 aromatic heterocycles. The van der Waals surface area contributed by atoms with Gasteiger partial charge >= 0.3 is 0 Å². The van der Waals surface area contributed by atoms with Gasteiger partial charge < -0.3 is 20.5 Å². The minimum absolute atomic E-state index is 0.106. The van der Waals surface area contributed by atoms with Crippen LogP contribution in [-0.2, 0) is 15.5 Å². The second kappa shape index (κ2) is 9.09. The van der Waals surface area contributed by atoms with Crippen LogP contribution in [0.25, 0.3) is 11.5 Å². The Hall–Kier alpha value is -3.88. The van der Waals surface area contributed by atoms with E-state index in [-0.39, 0.29) is 17.0 Å². The first-order valence-electron chi connectivity index (χ1n) is 9.71. The van der Waals surface area contributed by atoms with Gasteiger partial charge in [0.25, 0.3) is 5.92 Å². The number of carbonyl (C=O) groups is 2. The second-order valence-corrected chi connectivity index (χ2v) is 7.49. The van der Waals surface area contributed by atoms with Crippen molar-refractivity contribution in [1.82, 2.24) is 4.98 Å². The fraction of sp³-hybridized carbons (Fsp3) is 0.217. The number of rotatable bonds is 7. The van der Waals surface area contributed by atoms with Crippen LogP contribution in [-0.4, -0.2) is 22.5 Å². The van der Waals surface area contributed by atoms with Crippen molar-refractivity contribution in [1.29, 1.82) is 5.41 Å². The van der Waals surface area contributed by atoms with Gasteiger partial charge in [0, 0.05) is 35.1 Å². The van der Waals surface area contributed by atoms with Crippen LogP contribution in [0.4, 0.5) is 20.2 Å². The maximum atomic E-state index is 13.6. The molecule has 0 aliphatic rings. The summed E-state index contributed by atoms with van der Waals surface area (Å²) in [5.41, 5.74) is 1.49. The van der Waals surface area contributed by atoms with Crippen LogP contribution in [0, 0.1) is 18.3 Å². The summed E-state index contributed by atoms with van der Waals surface area (Å²) in [6.07, 6.45) is 2.93. The number of halogens is 2. The van der Waals surface area contributed by atoms with Crippen LogP contribution in [0.5, 0.6) is 0 Å². The Labute approximate surface area is 183 Å². The van der Waals surface area contributed by atoms with Crippen LogP contribution < -0.4 is 10.6 Å². The molecule has 32 heavy (non-hydrogen) atoms. The fourth-order valence-corrected chi connectivity index (χ4v) is 3.16. The van der Waals surface area contributed by atoms with E-state index >= 15 is 0 Å². The molecule has 3 aromatic rings. The summed E-state index contributed by atoms with van der Waals surface area (Å²) in [7, 11) is 0. The molecule has 2 aromatic carbocycles. The number of hydrogen-bond acceptors (Lipinski definition) is 5. The van der Waals surface area contributed by atoms with E-state index in [2.05, 4.69) is 15.6 Å². The highest BCUT2D eigenvalue weighted by molar-refractivity contribution is 6.24. The molecule has 1 heterocycles. The lowest BCUT2D eigenvalue weighted by molar-refractivity contribution is -0.126. The van der Waals surface area contributed by atoms with Gasteiger partial charge in [-0.25, -0.2) is 13.8 Å². The summed E-state index contributed by atoms with van der Waals surface area (Å²) in [4.78, 5) is 29.7. The molecule has 1 atom stereocenters. The van der Waals surface area contributed by atoms with Crippen molar-refractivity contribution in [3.8, 4) is 11.5 Å². The first kappa shape index (κ1) is 22.8. The molecule has 2 amide bonds. The summed E-state index contributed by atoms with van der Waals surface area (Å²) in [5.74, 6) is -5.69. The average Bonchev–Trinajstić information content (AvgIpc) is 3.21. The Morgan fingerprint density at radius 2 is 1.78 bits per heavy atom. The minimum Gasteiger partial charge on any atom is -0.445 e. The Morgan fingerprint density at radius 1 is 1.09 bits per heavy atom. The van der Waals surface area contributed by atoms with E-state index in [0.29, 0.717) is 17.1 Å². The van der Waals surface area contributed by atoms with E-state index in [4.69, 9.17) is 9.83 Å². The summed E-state index contributed by atoms with van der Waals surface area (Å²) in [5, 5.41) is 13.0. The van der Waals surface area contributed by atoms with E-state index in [1.807, 2.05) is 13.0 Å². The van der Waals surface area contributed by atoms with Crippen LogP contribution in [0.15, 0.2) is 59.3 Å². The number of nitrogens with zero attached hydrogens (tertiary/aromatic N) is 1. The van der Waals surface area contributed by atoms with Crippen molar-refractivity contribution in [2.24, 2.45) is 5.92 Å².